The molecule has 0 saturated carbocycles. The first-order valence-corrected chi connectivity index (χ1v) is 3.56. The third-order valence-corrected chi connectivity index (χ3v) is 1.95. The van der Waals surface area contributed by atoms with E-state index in [0.717, 1.165) is 0 Å². The fourth-order valence-corrected chi connectivity index (χ4v) is 1.34. The molecule has 0 amide bonds. The minimum Gasteiger partial charge on any atom is -1.00 e. The van der Waals surface area contributed by atoms with Gasteiger partial charge in [-0.15, -0.1) is 11.6 Å². The van der Waals surface area contributed by atoms with Crippen LogP contribution in [0, 0.1) is 6.08 Å². The van der Waals surface area contributed by atoms with Crippen molar-refractivity contribution in [1.82, 2.24) is 0 Å². The molecule has 0 N–H and O–H groups in total. The van der Waals surface area contributed by atoms with Gasteiger partial charge in [-0.05, 0) is 0 Å². The Labute approximate surface area is 133 Å². The van der Waals surface area contributed by atoms with Crippen molar-refractivity contribution < 1.29 is 74.2 Å². The summed E-state index contributed by atoms with van der Waals surface area (Å²) < 4.78 is 0. The Morgan fingerprint density at radius 2 is 1.77 bits per heavy atom. The summed E-state index contributed by atoms with van der Waals surface area (Å²) in [7, 11) is 0. The van der Waals surface area contributed by atoms with Crippen molar-refractivity contribution in [2.75, 3.05) is 0 Å². The Morgan fingerprint density at radius 3 is 2.38 bits per heavy atom. The maximum absolute atomic E-state index is 3.26. The van der Waals surface area contributed by atoms with E-state index < -0.39 is 0 Å². The van der Waals surface area contributed by atoms with Crippen LogP contribution in [0.5, 0.6) is 0 Å². The van der Waals surface area contributed by atoms with Gasteiger partial charge in [-0.25, -0.2) is 6.08 Å². The van der Waals surface area contributed by atoms with Gasteiger partial charge >= 0.3 is 26.2 Å². The van der Waals surface area contributed by atoms with E-state index in [9.17, 15) is 0 Å². The molecule has 0 heterocycles. The average Bonchev–Trinajstić information content (AvgIpc) is 2.34. The SMILES string of the molecule is CC1[C-]=Cc2ccccc21.[I-].[I-].[Zr+3]. The smallest absolute Gasteiger partial charge is 1.00 e. The third kappa shape index (κ3) is 3.75. The van der Waals surface area contributed by atoms with Gasteiger partial charge < -0.3 is 48.0 Å². The predicted octanol–water partition coefficient (Wildman–Crippen LogP) is -3.37. The van der Waals surface area contributed by atoms with Crippen LogP contribution >= 0.6 is 0 Å². The summed E-state index contributed by atoms with van der Waals surface area (Å²) >= 11 is 0. The molecule has 2 rings (SSSR count). The second-order valence-electron chi connectivity index (χ2n) is 2.66. The first kappa shape index (κ1) is 16.7. The molecule has 13 heavy (non-hydrogen) atoms. The monoisotopic (exact) mass is 473 g/mol. The second kappa shape index (κ2) is 7.58. The van der Waals surface area contributed by atoms with Gasteiger partial charge in [-0.3, -0.25) is 6.08 Å². The molecule has 0 aromatic heterocycles. The van der Waals surface area contributed by atoms with E-state index in [2.05, 4.69) is 43.3 Å². The van der Waals surface area contributed by atoms with Crippen molar-refractivity contribution in [3.05, 3.63) is 41.5 Å². The standard InChI is InChI=1S/C10H9.2HI.Zr/c1-8-6-7-9-4-2-3-5-10(8)9;;;/h2-5,7-8H,1H3;2*1H;/q-1;;;+3/p-2. The van der Waals surface area contributed by atoms with Crippen LogP contribution in [0.4, 0.5) is 0 Å². The molecule has 1 atom stereocenters. The largest absolute Gasteiger partial charge is 3.00 e. The predicted molar refractivity (Wildman–Crippen MR) is 42.6 cm³/mol. The van der Waals surface area contributed by atoms with E-state index >= 15 is 0 Å². The average molecular weight is 474 g/mol. The summed E-state index contributed by atoms with van der Waals surface area (Å²) in [6, 6.07) is 8.44. The fourth-order valence-electron chi connectivity index (χ4n) is 1.34. The molecule has 0 fully saturated rings. The van der Waals surface area contributed by atoms with Crippen molar-refractivity contribution in [3.8, 4) is 0 Å². The number of rotatable bonds is 0. The second-order valence-corrected chi connectivity index (χ2v) is 2.66. The molecule has 1 aromatic rings. The van der Waals surface area contributed by atoms with Crippen LogP contribution in [0.1, 0.15) is 24.0 Å². The molecule has 0 bridgehead atoms. The number of benzene rings is 1. The van der Waals surface area contributed by atoms with Gasteiger partial charge in [0.1, 0.15) is 0 Å². The van der Waals surface area contributed by atoms with E-state index in [-0.39, 0.29) is 74.2 Å². The molecular formula is C10H9I2Zr. The summed E-state index contributed by atoms with van der Waals surface area (Å²) in [5.41, 5.74) is 2.73. The van der Waals surface area contributed by atoms with Crippen LogP contribution < -0.4 is 48.0 Å². The van der Waals surface area contributed by atoms with Crippen molar-refractivity contribution in [3.63, 3.8) is 0 Å². The minimum absolute atomic E-state index is 0. The van der Waals surface area contributed by atoms with Crippen LogP contribution in [0.25, 0.3) is 6.08 Å². The summed E-state index contributed by atoms with van der Waals surface area (Å²) in [4.78, 5) is 0. The molecule has 0 spiro atoms. The summed E-state index contributed by atoms with van der Waals surface area (Å²) in [5, 5.41) is 0. The Bertz CT molecular complexity index is 284. The van der Waals surface area contributed by atoms with Gasteiger partial charge in [0.05, 0.1) is 0 Å². The van der Waals surface area contributed by atoms with Gasteiger partial charge in [0.15, 0.2) is 0 Å². The minimum atomic E-state index is 0. The van der Waals surface area contributed by atoms with Crippen molar-refractivity contribution in [1.29, 1.82) is 0 Å². The zero-order valence-corrected chi connectivity index (χ0v) is 14.0. The van der Waals surface area contributed by atoms with Crippen LogP contribution in [-0.4, -0.2) is 0 Å². The molecule has 0 nitrogen and oxygen atoms in total. The molecule has 67 valence electrons. The molecule has 0 saturated heterocycles. The fraction of sp³-hybridized carbons (Fsp3) is 0.200. The zero-order chi connectivity index (χ0) is 6.97. The van der Waals surface area contributed by atoms with Crippen LogP contribution in [0.15, 0.2) is 24.3 Å². The van der Waals surface area contributed by atoms with E-state index in [1.54, 1.807) is 0 Å². The van der Waals surface area contributed by atoms with Gasteiger partial charge in [-0.1, -0.05) is 31.0 Å². The Hall–Kier alpha value is 1.30. The molecule has 1 aromatic carbocycles. The number of fused-ring (bicyclic) bond motifs is 1. The van der Waals surface area contributed by atoms with E-state index in [4.69, 9.17) is 0 Å². The van der Waals surface area contributed by atoms with E-state index in [1.807, 2.05) is 0 Å². The maximum atomic E-state index is 3.26. The van der Waals surface area contributed by atoms with Gasteiger partial charge in [-0.2, -0.15) is 5.56 Å². The van der Waals surface area contributed by atoms with Gasteiger partial charge in [0, 0.05) is 0 Å². The number of halogens is 2. The molecule has 3 heteroatoms. The van der Waals surface area contributed by atoms with Gasteiger partial charge in [0.25, 0.3) is 0 Å². The van der Waals surface area contributed by atoms with E-state index in [0.29, 0.717) is 5.92 Å². The molecular weight excluding hydrogens is 465 g/mol. The Kier molecular flexibility index (Phi) is 9.75. The van der Waals surface area contributed by atoms with Crippen molar-refractivity contribution >= 4 is 6.08 Å². The first-order valence-electron chi connectivity index (χ1n) is 3.56. The third-order valence-electron chi connectivity index (χ3n) is 1.95. The molecule has 1 aliphatic rings. The van der Waals surface area contributed by atoms with Crippen LogP contribution in [0.2, 0.25) is 0 Å². The number of allylic oxidation sites excluding steroid dienone is 1. The first-order chi connectivity index (χ1) is 4.88. The Morgan fingerprint density at radius 1 is 1.15 bits per heavy atom. The van der Waals surface area contributed by atoms with Crippen LogP contribution in [-0.2, 0) is 26.2 Å². The molecule has 0 aliphatic heterocycles. The molecule has 1 unspecified atom stereocenters. The quantitative estimate of drug-likeness (QED) is 0.272. The van der Waals surface area contributed by atoms with E-state index in [1.165, 1.54) is 11.1 Å². The number of hydrogen-bond donors (Lipinski definition) is 0. The topological polar surface area (TPSA) is 0 Å². The van der Waals surface area contributed by atoms with Crippen LogP contribution in [0.3, 0.4) is 0 Å². The maximum Gasteiger partial charge on any atom is 3.00 e. The summed E-state index contributed by atoms with van der Waals surface area (Å²) in [5.74, 6) is 0.496. The normalized spacial score (nSPS) is 16.2. The molecule has 1 aliphatic carbocycles. The zero-order valence-electron chi connectivity index (χ0n) is 7.22. The van der Waals surface area contributed by atoms with Gasteiger partial charge in [0.2, 0.25) is 0 Å². The van der Waals surface area contributed by atoms with Crippen molar-refractivity contribution in [2.45, 2.75) is 12.8 Å². The Balaban J connectivity index is 0. The van der Waals surface area contributed by atoms with Crippen molar-refractivity contribution in [2.24, 2.45) is 0 Å². The summed E-state index contributed by atoms with van der Waals surface area (Å²) in [6.45, 7) is 2.17. The molecule has 1 radical (unpaired) electrons. The summed E-state index contributed by atoms with van der Waals surface area (Å²) in [6.07, 6.45) is 5.33. The number of hydrogen-bond acceptors (Lipinski definition) is 0.